The van der Waals surface area contributed by atoms with E-state index >= 15 is 0 Å². The van der Waals surface area contributed by atoms with Gasteiger partial charge in [-0.2, -0.15) is 5.10 Å². The number of amides is 1. The minimum Gasteiger partial charge on any atom is -0.378 e. The Morgan fingerprint density at radius 3 is 2.30 bits per heavy atom. The van der Waals surface area contributed by atoms with Gasteiger partial charge in [-0.15, -0.1) is 0 Å². The van der Waals surface area contributed by atoms with Crippen molar-refractivity contribution in [2.45, 2.75) is 33.2 Å². The number of rotatable bonds is 8. The SMILES string of the molecule is Cc1ccc(Cn2nc(C)c(C(=O)NCCCc3ccc(N(C)C)cc3)c2Cl)cc1. The fourth-order valence-electron chi connectivity index (χ4n) is 3.33. The number of benzene rings is 2. The summed E-state index contributed by atoms with van der Waals surface area (Å²) in [5.74, 6) is -0.171. The first-order chi connectivity index (χ1) is 14.3. The van der Waals surface area contributed by atoms with Gasteiger partial charge in [-0.05, 0) is 49.9 Å². The van der Waals surface area contributed by atoms with Gasteiger partial charge >= 0.3 is 0 Å². The number of halogens is 1. The molecule has 0 fully saturated rings. The van der Waals surface area contributed by atoms with Crippen molar-refractivity contribution in [3.05, 3.63) is 81.6 Å². The number of hydrogen-bond acceptors (Lipinski definition) is 3. The molecule has 0 bridgehead atoms. The van der Waals surface area contributed by atoms with Crippen LogP contribution in [0.15, 0.2) is 48.5 Å². The summed E-state index contributed by atoms with van der Waals surface area (Å²) < 4.78 is 1.68. The molecule has 1 N–H and O–H groups in total. The van der Waals surface area contributed by atoms with Crippen LogP contribution < -0.4 is 10.2 Å². The minimum absolute atomic E-state index is 0.171. The van der Waals surface area contributed by atoms with Crippen LogP contribution in [0.5, 0.6) is 0 Å². The molecule has 1 aromatic heterocycles. The van der Waals surface area contributed by atoms with E-state index in [9.17, 15) is 4.79 Å². The number of anilines is 1. The molecular weight excluding hydrogens is 396 g/mol. The molecule has 158 valence electrons. The maximum atomic E-state index is 12.7. The van der Waals surface area contributed by atoms with Crippen LogP contribution in [0.25, 0.3) is 0 Å². The Kier molecular flexibility index (Phi) is 7.16. The first kappa shape index (κ1) is 21.9. The van der Waals surface area contributed by atoms with Gasteiger partial charge < -0.3 is 10.2 Å². The van der Waals surface area contributed by atoms with Gasteiger partial charge in [0.05, 0.1) is 17.8 Å². The average Bonchev–Trinajstić information content (AvgIpc) is 3.00. The summed E-state index contributed by atoms with van der Waals surface area (Å²) in [7, 11) is 4.06. The largest absolute Gasteiger partial charge is 0.378 e. The maximum Gasteiger partial charge on any atom is 0.256 e. The smallest absolute Gasteiger partial charge is 0.256 e. The number of aryl methyl sites for hydroxylation is 3. The molecule has 0 unspecified atom stereocenters. The fourth-order valence-corrected chi connectivity index (χ4v) is 3.65. The second-order valence-corrected chi connectivity index (χ2v) is 8.17. The molecule has 0 radical (unpaired) electrons. The molecule has 1 heterocycles. The number of carbonyl (C=O) groups is 1. The molecule has 0 aliphatic heterocycles. The number of nitrogens with zero attached hydrogens (tertiary/aromatic N) is 3. The molecule has 5 nitrogen and oxygen atoms in total. The number of nitrogens with one attached hydrogen (secondary N) is 1. The van der Waals surface area contributed by atoms with Gasteiger partial charge in [0.2, 0.25) is 0 Å². The Morgan fingerprint density at radius 2 is 1.67 bits per heavy atom. The Labute approximate surface area is 183 Å². The minimum atomic E-state index is -0.171. The van der Waals surface area contributed by atoms with Crippen molar-refractivity contribution in [3.63, 3.8) is 0 Å². The third-order valence-corrected chi connectivity index (χ3v) is 5.51. The second-order valence-electron chi connectivity index (χ2n) is 7.81. The lowest BCUT2D eigenvalue weighted by Gasteiger charge is -2.12. The Bertz CT molecular complexity index is 991. The zero-order chi connectivity index (χ0) is 21.7. The highest BCUT2D eigenvalue weighted by Gasteiger charge is 2.20. The number of carbonyl (C=O) groups excluding carboxylic acids is 1. The molecule has 1 amide bonds. The van der Waals surface area contributed by atoms with Gasteiger partial charge in [-0.3, -0.25) is 4.79 Å². The van der Waals surface area contributed by atoms with E-state index in [4.69, 9.17) is 11.6 Å². The number of hydrogen-bond donors (Lipinski definition) is 1. The molecule has 2 aromatic carbocycles. The van der Waals surface area contributed by atoms with Crippen molar-refractivity contribution >= 4 is 23.2 Å². The molecule has 0 aliphatic rings. The summed E-state index contributed by atoms with van der Waals surface area (Å²) in [5, 5.41) is 7.83. The quantitative estimate of drug-likeness (QED) is 0.536. The van der Waals surface area contributed by atoms with Gasteiger partial charge in [-0.1, -0.05) is 53.6 Å². The van der Waals surface area contributed by atoms with Gasteiger partial charge in [0, 0.05) is 26.3 Å². The Morgan fingerprint density at radius 1 is 1.03 bits per heavy atom. The van der Waals surface area contributed by atoms with Crippen LogP contribution in [0.2, 0.25) is 5.15 Å². The van der Waals surface area contributed by atoms with Crippen molar-refractivity contribution in [1.29, 1.82) is 0 Å². The predicted molar refractivity (Wildman–Crippen MR) is 124 cm³/mol. The summed E-state index contributed by atoms with van der Waals surface area (Å²) in [5.41, 5.74) is 5.84. The fraction of sp³-hybridized carbons (Fsp3) is 0.333. The summed E-state index contributed by atoms with van der Waals surface area (Å²) >= 11 is 6.49. The van der Waals surface area contributed by atoms with E-state index in [1.165, 1.54) is 16.8 Å². The molecule has 0 aliphatic carbocycles. The van der Waals surface area contributed by atoms with Crippen molar-refractivity contribution in [3.8, 4) is 0 Å². The standard InChI is InChI=1S/C24H29ClN4O/c1-17-7-9-20(10-8-17)16-29-23(25)22(18(2)27-29)24(30)26-15-5-6-19-11-13-21(14-12-19)28(3)4/h7-14H,5-6,15-16H2,1-4H3,(H,26,30). The maximum absolute atomic E-state index is 12.7. The zero-order valence-electron chi connectivity index (χ0n) is 18.1. The van der Waals surface area contributed by atoms with E-state index in [1.54, 1.807) is 4.68 Å². The van der Waals surface area contributed by atoms with Crippen LogP contribution >= 0.6 is 11.6 Å². The molecular formula is C24H29ClN4O. The topological polar surface area (TPSA) is 50.2 Å². The van der Waals surface area contributed by atoms with Crippen molar-refractivity contribution in [1.82, 2.24) is 15.1 Å². The normalized spacial score (nSPS) is 10.8. The van der Waals surface area contributed by atoms with Crippen LogP contribution in [0.1, 0.15) is 39.2 Å². The van der Waals surface area contributed by atoms with Gasteiger partial charge in [0.25, 0.3) is 5.91 Å². The highest BCUT2D eigenvalue weighted by atomic mass is 35.5. The molecule has 3 rings (SSSR count). The lowest BCUT2D eigenvalue weighted by Crippen LogP contribution is -2.25. The van der Waals surface area contributed by atoms with Crippen LogP contribution in [0.3, 0.4) is 0 Å². The molecule has 0 saturated carbocycles. The molecule has 0 atom stereocenters. The summed E-state index contributed by atoms with van der Waals surface area (Å²) in [4.78, 5) is 14.8. The lowest BCUT2D eigenvalue weighted by molar-refractivity contribution is 0.0952. The van der Waals surface area contributed by atoms with E-state index in [-0.39, 0.29) is 5.91 Å². The van der Waals surface area contributed by atoms with Gasteiger partial charge in [-0.25, -0.2) is 4.68 Å². The molecule has 0 saturated heterocycles. The third-order valence-electron chi connectivity index (χ3n) is 5.13. The summed E-state index contributed by atoms with van der Waals surface area (Å²) in [6.45, 7) is 5.00. The van der Waals surface area contributed by atoms with Crippen LogP contribution in [-0.2, 0) is 13.0 Å². The van der Waals surface area contributed by atoms with E-state index < -0.39 is 0 Å². The van der Waals surface area contributed by atoms with Crippen LogP contribution in [0, 0.1) is 13.8 Å². The van der Waals surface area contributed by atoms with Crippen molar-refractivity contribution < 1.29 is 4.79 Å². The molecule has 0 spiro atoms. The van der Waals surface area contributed by atoms with Crippen LogP contribution in [0.4, 0.5) is 5.69 Å². The molecule has 3 aromatic rings. The summed E-state index contributed by atoms with van der Waals surface area (Å²) in [6.07, 6.45) is 1.77. The van der Waals surface area contributed by atoms with Crippen molar-refractivity contribution in [2.75, 3.05) is 25.5 Å². The second kappa shape index (κ2) is 9.81. The first-order valence-corrected chi connectivity index (χ1v) is 10.6. The highest BCUT2D eigenvalue weighted by Crippen LogP contribution is 2.21. The Balaban J connectivity index is 1.55. The average molecular weight is 425 g/mol. The van der Waals surface area contributed by atoms with E-state index in [1.807, 2.05) is 33.2 Å². The van der Waals surface area contributed by atoms with E-state index in [2.05, 4.69) is 58.6 Å². The van der Waals surface area contributed by atoms with E-state index in [0.29, 0.717) is 29.5 Å². The molecule has 30 heavy (non-hydrogen) atoms. The third kappa shape index (κ3) is 5.42. The monoisotopic (exact) mass is 424 g/mol. The van der Waals surface area contributed by atoms with Crippen LogP contribution in [-0.4, -0.2) is 36.3 Å². The van der Waals surface area contributed by atoms with Gasteiger partial charge in [0.1, 0.15) is 5.15 Å². The van der Waals surface area contributed by atoms with Crippen molar-refractivity contribution in [2.24, 2.45) is 0 Å². The zero-order valence-corrected chi connectivity index (χ0v) is 18.8. The molecule has 6 heteroatoms. The number of aromatic nitrogens is 2. The highest BCUT2D eigenvalue weighted by molar-refractivity contribution is 6.33. The first-order valence-electron chi connectivity index (χ1n) is 10.2. The van der Waals surface area contributed by atoms with Gasteiger partial charge in [0.15, 0.2) is 0 Å². The predicted octanol–water partition coefficient (Wildman–Crippen LogP) is 4.63. The lowest BCUT2D eigenvalue weighted by atomic mass is 10.1. The Hall–Kier alpha value is -2.79. The summed E-state index contributed by atoms with van der Waals surface area (Å²) in [6, 6.07) is 16.7. The van der Waals surface area contributed by atoms with E-state index in [0.717, 1.165) is 18.4 Å².